The number of ether oxygens (including phenoxy) is 2. The zero-order valence-electron chi connectivity index (χ0n) is 12.5. The Morgan fingerprint density at radius 1 is 1.29 bits per heavy atom. The van der Waals surface area contributed by atoms with Crippen LogP contribution < -0.4 is 4.74 Å². The lowest BCUT2D eigenvalue weighted by Crippen LogP contribution is -2.02. The van der Waals surface area contributed by atoms with Crippen LogP contribution in [-0.4, -0.2) is 27.8 Å². The third-order valence-electron chi connectivity index (χ3n) is 3.16. The van der Waals surface area contributed by atoms with Crippen molar-refractivity contribution in [2.75, 3.05) is 7.11 Å². The van der Waals surface area contributed by atoms with Crippen molar-refractivity contribution in [2.45, 2.75) is 26.4 Å². The van der Waals surface area contributed by atoms with Gasteiger partial charge in [0, 0.05) is 13.5 Å². The molecule has 0 saturated heterocycles. The zero-order valence-corrected chi connectivity index (χ0v) is 12.5. The van der Waals surface area contributed by atoms with Crippen LogP contribution in [0.2, 0.25) is 0 Å². The average molecular weight is 289 g/mol. The number of rotatable bonds is 6. The fraction of sp³-hybridized carbons (Fsp3) is 0.400. The summed E-state index contributed by atoms with van der Waals surface area (Å²) in [7, 11) is 3.24. The summed E-state index contributed by atoms with van der Waals surface area (Å²) in [6.07, 6.45) is 1.04. The Kier molecular flexibility index (Phi) is 4.92. The van der Waals surface area contributed by atoms with Crippen molar-refractivity contribution in [1.29, 1.82) is 0 Å². The summed E-state index contributed by atoms with van der Waals surface area (Å²) in [5.41, 5.74) is 1.07. The van der Waals surface area contributed by atoms with Crippen LogP contribution in [-0.2, 0) is 29.6 Å². The lowest BCUT2D eigenvalue weighted by Gasteiger charge is -2.05. The molecule has 0 bridgehead atoms. The minimum absolute atomic E-state index is 0.202. The fourth-order valence-electron chi connectivity index (χ4n) is 1.84. The highest BCUT2D eigenvalue weighted by atomic mass is 16.5. The third kappa shape index (κ3) is 4.30. The molecule has 0 atom stereocenters. The van der Waals surface area contributed by atoms with Crippen molar-refractivity contribution in [1.82, 2.24) is 14.8 Å². The average Bonchev–Trinajstić information content (AvgIpc) is 2.82. The molecule has 112 valence electrons. The van der Waals surface area contributed by atoms with E-state index in [9.17, 15) is 4.79 Å². The van der Waals surface area contributed by atoms with Crippen molar-refractivity contribution >= 4 is 5.97 Å². The minimum Gasteiger partial charge on any atom is -0.486 e. The minimum atomic E-state index is -0.202. The van der Waals surface area contributed by atoms with E-state index in [-0.39, 0.29) is 5.97 Å². The van der Waals surface area contributed by atoms with Crippen LogP contribution in [0.4, 0.5) is 0 Å². The molecule has 2 rings (SSSR count). The first-order valence-electron chi connectivity index (χ1n) is 6.73. The smallest absolute Gasteiger partial charge is 0.305 e. The summed E-state index contributed by atoms with van der Waals surface area (Å²) in [6, 6.07) is 7.63. The summed E-state index contributed by atoms with van der Waals surface area (Å²) >= 11 is 0. The van der Waals surface area contributed by atoms with E-state index in [0.29, 0.717) is 25.3 Å². The SMILES string of the molecule is COC(=O)CCc1ccc(OCc2nc(C)n(C)n2)cc1. The number of carbonyl (C=O) groups excluding carboxylic acids is 1. The van der Waals surface area contributed by atoms with Gasteiger partial charge in [-0.25, -0.2) is 4.98 Å². The Labute approximate surface area is 123 Å². The van der Waals surface area contributed by atoms with Crippen LogP contribution in [0.25, 0.3) is 0 Å². The fourth-order valence-corrected chi connectivity index (χ4v) is 1.84. The van der Waals surface area contributed by atoms with Crippen LogP contribution in [0.1, 0.15) is 23.6 Å². The molecule has 1 aromatic carbocycles. The highest BCUT2D eigenvalue weighted by molar-refractivity contribution is 5.69. The van der Waals surface area contributed by atoms with Crippen molar-refractivity contribution in [3.63, 3.8) is 0 Å². The predicted molar refractivity (Wildman–Crippen MR) is 76.9 cm³/mol. The zero-order chi connectivity index (χ0) is 15.2. The number of methoxy groups -OCH3 is 1. The molecule has 0 unspecified atom stereocenters. The Hall–Kier alpha value is -2.37. The van der Waals surface area contributed by atoms with Gasteiger partial charge in [-0.2, -0.15) is 5.10 Å². The first kappa shape index (κ1) is 15.0. The monoisotopic (exact) mass is 289 g/mol. The van der Waals surface area contributed by atoms with Crippen LogP contribution in [0.15, 0.2) is 24.3 Å². The molecule has 0 amide bonds. The van der Waals surface area contributed by atoms with Gasteiger partial charge < -0.3 is 9.47 Å². The van der Waals surface area contributed by atoms with Crippen molar-refractivity contribution in [2.24, 2.45) is 7.05 Å². The summed E-state index contributed by atoms with van der Waals surface area (Å²) in [4.78, 5) is 15.4. The highest BCUT2D eigenvalue weighted by Gasteiger charge is 2.05. The molecule has 0 aliphatic rings. The molecule has 21 heavy (non-hydrogen) atoms. The van der Waals surface area contributed by atoms with Gasteiger partial charge in [0.15, 0.2) is 5.82 Å². The normalized spacial score (nSPS) is 10.4. The van der Waals surface area contributed by atoms with Gasteiger partial charge in [0.25, 0.3) is 0 Å². The molecular formula is C15H19N3O3. The molecule has 0 aliphatic carbocycles. The third-order valence-corrected chi connectivity index (χ3v) is 3.16. The second kappa shape index (κ2) is 6.88. The lowest BCUT2D eigenvalue weighted by molar-refractivity contribution is -0.140. The lowest BCUT2D eigenvalue weighted by atomic mass is 10.1. The predicted octanol–water partition coefficient (Wildman–Crippen LogP) is 1.81. The number of aryl methyl sites for hydroxylation is 3. The van der Waals surface area contributed by atoms with Gasteiger partial charge in [-0.05, 0) is 31.0 Å². The number of aromatic nitrogens is 3. The maximum Gasteiger partial charge on any atom is 0.305 e. The van der Waals surface area contributed by atoms with Crippen LogP contribution in [0.5, 0.6) is 5.75 Å². The van der Waals surface area contributed by atoms with Gasteiger partial charge in [0.1, 0.15) is 18.2 Å². The summed E-state index contributed by atoms with van der Waals surface area (Å²) < 4.78 is 12.0. The molecule has 2 aromatic rings. The number of hydrogen-bond acceptors (Lipinski definition) is 5. The van der Waals surface area contributed by atoms with Gasteiger partial charge >= 0.3 is 5.97 Å². The molecule has 0 spiro atoms. The quantitative estimate of drug-likeness (QED) is 0.759. The number of carbonyl (C=O) groups is 1. The molecule has 6 nitrogen and oxygen atoms in total. The highest BCUT2D eigenvalue weighted by Crippen LogP contribution is 2.14. The maximum absolute atomic E-state index is 11.1. The van der Waals surface area contributed by atoms with E-state index < -0.39 is 0 Å². The van der Waals surface area contributed by atoms with Gasteiger partial charge in [-0.1, -0.05) is 12.1 Å². The maximum atomic E-state index is 11.1. The topological polar surface area (TPSA) is 66.2 Å². The van der Waals surface area contributed by atoms with E-state index in [2.05, 4.69) is 14.8 Å². The van der Waals surface area contributed by atoms with E-state index in [1.54, 1.807) is 4.68 Å². The van der Waals surface area contributed by atoms with E-state index in [1.807, 2.05) is 38.2 Å². The van der Waals surface area contributed by atoms with Gasteiger partial charge in [0.2, 0.25) is 0 Å². The van der Waals surface area contributed by atoms with Gasteiger partial charge in [0.05, 0.1) is 7.11 Å². The summed E-state index contributed by atoms with van der Waals surface area (Å²) in [5.74, 6) is 2.06. The largest absolute Gasteiger partial charge is 0.486 e. The molecule has 0 aliphatic heterocycles. The number of hydrogen-bond donors (Lipinski definition) is 0. The van der Waals surface area contributed by atoms with Crippen molar-refractivity contribution in [3.8, 4) is 5.75 Å². The second-order valence-electron chi connectivity index (χ2n) is 4.71. The molecule has 0 radical (unpaired) electrons. The molecule has 0 N–H and O–H groups in total. The van der Waals surface area contributed by atoms with Crippen molar-refractivity contribution in [3.05, 3.63) is 41.5 Å². The molecule has 1 heterocycles. The molecule has 1 aromatic heterocycles. The van der Waals surface area contributed by atoms with Gasteiger partial charge in [-0.3, -0.25) is 9.48 Å². The Bertz CT molecular complexity index is 586. The van der Waals surface area contributed by atoms with Crippen LogP contribution in [0, 0.1) is 6.92 Å². The first-order chi connectivity index (χ1) is 10.1. The van der Waals surface area contributed by atoms with Crippen LogP contribution >= 0.6 is 0 Å². The Morgan fingerprint density at radius 2 is 2.00 bits per heavy atom. The van der Waals surface area contributed by atoms with Gasteiger partial charge in [-0.15, -0.1) is 0 Å². The van der Waals surface area contributed by atoms with E-state index in [1.165, 1.54) is 7.11 Å². The first-order valence-corrected chi connectivity index (χ1v) is 6.73. The number of esters is 1. The Morgan fingerprint density at radius 3 is 2.57 bits per heavy atom. The molecular weight excluding hydrogens is 270 g/mol. The summed E-state index contributed by atoms with van der Waals surface area (Å²) in [6.45, 7) is 2.23. The standard InChI is InChI=1S/C15H19N3O3/c1-11-16-14(17-18(11)2)10-21-13-7-4-12(5-8-13)6-9-15(19)20-3/h4-5,7-8H,6,9-10H2,1-3H3. The summed E-state index contributed by atoms with van der Waals surface area (Å²) in [5, 5.41) is 4.23. The Balaban J connectivity index is 1.86. The molecule has 0 fully saturated rings. The number of benzene rings is 1. The van der Waals surface area contributed by atoms with E-state index in [4.69, 9.17) is 4.74 Å². The second-order valence-corrected chi connectivity index (χ2v) is 4.71. The molecule has 0 saturated carbocycles. The van der Waals surface area contributed by atoms with Crippen LogP contribution in [0.3, 0.4) is 0 Å². The van der Waals surface area contributed by atoms with E-state index in [0.717, 1.165) is 17.1 Å². The van der Waals surface area contributed by atoms with E-state index >= 15 is 0 Å². The number of nitrogens with zero attached hydrogens (tertiary/aromatic N) is 3. The van der Waals surface area contributed by atoms with Crippen molar-refractivity contribution < 1.29 is 14.3 Å². The molecule has 6 heteroatoms.